The monoisotopic (exact) mass is 422 g/mol. The number of thioether (sulfide) groups is 1. The second kappa shape index (κ2) is 9.09. The van der Waals surface area contributed by atoms with Crippen molar-refractivity contribution in [3.05, 3.63) is 48.0 Å². The van der Waals surface area contributed by atoms with E-state index in [0.717, 1.165) is 27.5 Å². The van der Waals surface area contributed by atoms with E-state index in [1.807, 2.05) is 54.0 Å². The van der Waals surface area contributed by atoms with Gasteiger partial charge in [-0.3, -0.25) is 4.79 Å². The van der Waals surface area contributed by atoms with Gasteiger partial charge < -0.3 is 19.4 Å². The lowest BCUT2D eigenvalue weighted by atomic mass is 10.1. The first-order valence-electron chi connectivity index (χ1n) is 9.79. The molecule has 1 aliphatic rings. The first-order valence-corrected chi connectivity index (χ1v) is 10.8. The summed E-state index contributed by atoms with van der Waals surface area (Å²) in [6.07, 6.45) is 0.390. The van der Waals surface area contributed by atoms with Crippen LogP contribution in [0.5, 0.6) is 11.5 Å². The molecule has 3 aromatic rings. The summed E-state index contributed by atoms with van der Waals surface area (Å²) >= 11 is 1.38. The predicted molar refractivity (Wildman–Crippen MR) is 115 cm³/mol. The summed E-state index contributed by atoms with van der Waals surface area (Å²) in [6.45, 7) is 3.57. The number of para-hydroxylation sites is 2. The van der Waals surface area contributed by atoms with Gasteiger partial charge >= 0.3 is 0 Å². The number of aromatic nitrogens is 2. The van der Waals surface area contributed by atoms with E-state index in [0.29, 0.717) is 31.9 Å². The van der Waals surface area contributed by atoms with Gasteiger partial charge in [0, 0.05) is 6.54 Å². The van der Waals surface area contributed by atoms with Gasteiger partial charge in [0.2, 0.25) is 5.91 Å². The van der Waals surface area contributed by atoms with Crippen molar-refractivity contribution in [3.8, 4) is 17.6 Å². The van der Waals surface area contributed by atoms with Crippen molar-refractivity contribution in [3.63, 3.8) is 0 Å². The maximum absolute atomic E-state index is 12.6. The minimum absolute atomic E-state index is 0.0821. The van der Waals surface area contributed by atoms with Crippen molar-refractivity contribution in [1.29, 1.82) is 5.26 Å². The quantitative estimate of drug-likeness (QED) is 0.584. The second-order valence-electron chi connectivity index (χ2n) is 6.92. The summed E-state index contributed by atoms with van der Waals surface area (Å²) in [4.78, 5) is 17.2. The number of nitriles is 1. The highest BCUT2D eigenvalue weighted by Crippen LogP contribution is 2.32. The first-order chi connectivity index (χ1) is 14.7. The summed E-state index contributed by atoms with van der Waals surface area (Å²) < 4.78 is 13.2. The summed E-state index contributed by atoms with van der Waals surface area (Å²) in [5.41, 5.74) is 2.79. The number of hydrogen-bond acceptors (Lipinski definition) is 6. The number of imidazole rings is 1. The fourth-order valence-corrected chi connectivity index (χ4v) is 4.22. The molecule has 0 fully saturated rings. The molecule has 2 heterocycles. The third-order valence-electron chi connectivity index (χ3n) is 4.84. The number of ether oxygens (including phenoxy) is 2. The van der Waals surface area contributed by atoms with E-state index in [9.17, 15) is 4.79 Å². The zero-order valence-corrected chi connectivity index (χ0v) is 17.4. The van der Waals surface area contributed by atoms with Gasteiger partial charge in [-0.05, 0) is 36.8 Å². The summed E-state index contributed by atoms with van der Waals surface area (Å²) in [7, 11) is 0. The smallest absolute Gasteiger partial charge is 0.230 e. The Balaban J connectivity index is 1.41. The zero-order valence-electron chi connectivity index (χ0n) is 16.6. The van der Waals surface area contributed by atoms with Crippen LogP contribution in [-0.4, -0.2) is 34.4 Å². The van der Waals surface area contributed by atoms with E-state index in [1.165, 1.54) is 11.8 Å². The number of benzene rings is 2. The van der Waals surface area contributed by atoms with Crippen LogP contribution < -0.4 is 14.8 Å². The molecule has 0 saturated carbocycles. The largest absolute Gasteiger partial charge is 0.486 e. The lowest BCUT2D eigenvalue weighted by Crippen LogP contribution is -2.28. The van der Waals surface area contributed by atoms with Gasteiger partial charge in [-0.2, -0.15) is 5.26 Å². The summed E-state index contributed by atoms with van der Waals surface area (Å²) in [5, 5.41) is 12.7. The lowest BCUT2D eigenvalue weighted by Gasteiger charge is -2.21. The highest BCUT2D eigenvalue weighted by atomic mass is 32.2. The van der Waals surface area contributed by atoms with Gasteiger partial charge in [0.1, 0.15) is 13.2 Å². The maximum atomic E-state index is 12.6. The van der Waals surface area contributed by atoms with Gasteiger partial charge in [0.05, 0.1) is 35.3 Å². The topological polar surface area (TPSA) is 89.2 Å². The van der Waals surface area contributed by atoms with Crippen LogP contribution >= 0.6 is 11.8 Å². The van der Waals surface area contributed by atoms with Crippen LogP contribution in [0.3, 0.4) is 0 Å². The Hall–Kier alpha value is -3.18. The van der Waals surface area contributed by atoms with E-state index >= 15 is 0 Å². The molecular weight excluding hydrogens is 400 g/mol. The average molecular weight is 423 g/mol. The maximum Gasteiger partial charge on any atom is 0.230 e. The van der Waals surface area contributed by atoms with Crippen LogP contribution in [0.25, 0.3) is 11.0 Å². The van der Waals surface area contributed by atoms with Gasteiger partial charge in [-0.1, -0.05) is 30.0 Å². The zero-order chi connectivity index (χ0) is 20.9. The van der Waals surface area contributed by atoms with Crippen LogP contribution in [0.4, 0.5) is 0 Å². The molecule has 0 bridgehead atoms. The molecule has 1 N–H and O–H groups in total. The molecule has 1 atom stereocenters. The Morgan fingerprint density at radius 2 is 2.07 bits per heavy atom. The van der Waals surface area contributed by atoms with Crippen molar-refractivity contribution in [1.82, 2.24) is 14.9 Å². The SMILES string of the molecule is C[C@H](NC(=O)CSc1nc2ccccc2n1CCC#N)c1ccc2c(c1)OCCO2. The molecule has 0 unspecified atom stereocenters. The molecule has 0 aliphatic carbocycles. The van der Waals surface area contributed by atoms with Crippen molar-refractivity contribution < 1.29 is 14.3 Å². The highest BCUT2D eigenvalue weighted by molar-refractivity contribution is 7.99. The van der Waals surface area contributed by atoms with Gasteiger partial charge in [0.15, 0.2) is 16.7 Å². The Kier molecular flexibility index (Phi) is 6.10. The first kappa shape index (κ1) is 20.1. The average Bonchev–Trinajstić information content (AvgIpc) is 3.13. The van der Waals surface area contributed by atoms with Crippen LogP contribution in [0.15, 0.2) is 47.6 Å². The normalized spacial score (nSPS) is 13.6. The van der Waals surface area contributed by atoms with Crippen LogP contribution in [0.1, 0.15) is 24.9 Å². The predicted octanol–water partition coefficient (Wildman–Crippen LogP) is 3.69. The number of hydrogen-bond donors (Lipinski definition) is 1. The number of carbonyl (C=O) groups excluding carboxylic acids is 1. The van der Waals surface area contributed by atoms with Crippen molar-refractivity contribution in [2.75, 3.05) is 19.0 Å². The number of nitrogens with one attached hydrogen (secondary N) is 1. The van der Waals surface area contributed by atoms with Crippen LogP contribution in [-0.2, 0) is 11.3 Å². The van der Waals surface area contributed by atoms with Gasteiger partial charge in [0.25, 0.3) is 0 Å². The molecule has 30 heavy (non-hydrogen) atoms. The van der Waals surface area contributed by atoms with Gasteiger partial charge in [-0.15, -0.1) is 0 Å². The van der Waals surface area contributed by atoms with Gasteiger partial charge in [-0.25, -0.2) is 4.98 Å². The van der Waals surface area contributed by atoms with E-state index in [4.69, 9.17) is 14.7 Å². The van der Waals surface area contributed by atoms with E-state index in [2.05, 4.69) is 16.4 Å². The molecule has 154 valence electrons. The number of carbonyl (C=O) groups is 1. The Labute approximate surface area is 179 Å². The number of amides is 1. The van der Waals surface area contributed by atoms with Crippen LogP contribution in [0, 0.1) is 11.3 Å². The third-order valence-corrected chi connectivity index (χ3v) is 5.82. The van der Waals surface area contributed by atoms with E-state index in [-0.39, 0.29) is 17.7 Å². The molecule has 1 aromatic heterocycles. The van der Waals surface area contributed by atoms with Crippen molar-refractivity contribution >= 4 is 28.7 Å². The fourth-order valence-electron chi connectivity index (χ4n) is 3.37. The lowest BCUT2D eigenvalue weighted by molar-refractivity contribution is -0.119. The molecular formula is C22H22N4O3S. The summed E-state index contributed by atoms with van der Waals surface area (Å²) in [6, 6.07) is 15.5. The molecule has 8 heteroatoms. The van der Waals surface area contributed by atoms with E-state index < -0.39 is 0 Å². The molecule has 1 aliphatic heterocycles. The number of aryl methyl sites for hydroxylation is 1. The van der Waals surface area contributed by atoms with Crippen molar-refractivity contribution in [2.45, 2.75) is 31.1 Å². The Morgan fingerprint density at radius 3 is 2.90 bits per heavy atom. The Bertz CT molecular complexity index is 1110. The highest BCUT2D eigenvalue weighted by Gasteiger charge is 2.17. The standard InChI is InChI=1S/C22H22N4O3S/c1-15(16-7-8-19-20(13-16)29-12-11-28-19)24-21(27)14-30-22-25-17-5-2-3-6-18(17)26(22)10-4-9-23/h2-3,5-8,13,15H,4,10-12,14H2,1H3,(H,24,27)/t15-/m0/s1. The third kappa shape index (κ3) is 4.36. The second-order valence-corrected chi connectivity index (χ2v) is 7.87. The van der Waals surface area contributed by atoms with Crippen molar-refractivity contribution in [2.24, 2.45) is 0 Å². The minimum Gasteiger partial charge on any atom is -0.486 e. The molecule has 7 nitrogen and oxygen atoms in total. The van der Waals surface area contributed by atoms with Crippen LogP contribution in [0.2, 0.25) is 0 Å². The minimum atomic E-state index is -0.161. The number of nitrogens with zero attached hydrogens (tertiary/aromatic N) is 3. The number of rotatable bonds is 7. The molecule has 0 spiro atoms. The molecule has 4 rings (SSSR count). The molecule has 1 amide bonds. The Morgan fingerprint density at radius 1 is 1.27 bits per heavy atom. The summed E-state index contributed by atoms with van der Waals surface area (Å²) in [5.74, 6) is 1.60. The fraction of sp³-hybridized carbons (Fsp3) is 0.318. The molecule has 2 aromatic carbocycles. The van der Waals surface area contributed by atoms with E-state index in [1.54, 1.807) is 0 Å². The molecule has 0 saturated heterocycles. The molecule has 0 radical (unpaired) electrons. The number of fused-ring (bicyclic) bond motifs is 2.